The first-order valence-corrected chi connectivity index (χ1v) is 3.42. The van der Waals surface area contributed by atoms with Crippen LogP contribution in [0.1, 0.15) is 0 Å². The van der Waals surface area contributed by atoms with Crippen molar-refractivity contribution in [1.29, 1.82) is 0 Å². The minimum Gasteiger partial charge on any atom is -0.383 e. The molecule has 1 aromatic rings. The van der Waals surface area contributed by atoms with Crippen LogP contribution in [0, 0.1) is 0 Å². The predicted molar refractivity (Wildman–Crippen MR) is 40.0 cm³/mol. The van der Waals surface area contributed by atoms with E-state index in [1.807, 2.05) is 10.8 Å². The summed E-state index contributed by atoms with van der Waals surface area (Å²) in [6.07, 6.45) is 3.54. The first kappa shape index (κ1) is 7.50. The number of imidazole rings is 1. The Morgan fingerprint density at radius 2 is 2.60 bits per heavy atom. The lowest BCUT2D eigenvalue weighted by atomic mass is 10.7. The average molecular weight is 157 g/mol. The lowest BCUT2D eigenvalue weighted by molar-refractivity contribution is 0.185. The Morgan fingerprint density at radius 3 is 3.10 bits per heavy atom. The third-order valence-corrected chi connectivity index (χ3v) is 1.55. The van der Waals surface area contributed by atoms with E-state index in [0.717, 1.165) is 6.54 Å². The number of hydrogen-bond acceptors (Lipinski definition) is 2. The zero-order valence-electron chi connectivity index (χ0n) is 5.78. The van der Waals surface area contributed by atoms with E-state index in [4.69, 9.17) is 17.4 Å². The van der Waals surface area contributed by atoms with Gasteiger partial charge in [0.1, 0.15) is 0 Å². The Balaban J connectivity index is 2.49. The second-order valence-corrected chi connectivity index (χ2v) is 2.26. The Bertz CT molecular complexity index is 199. The van der Waals surface area contributed by atoms with Crippen LogP contribution < -0.4 is 0 Å². The summed E-state index contributed by atoms with van der Waals surface area (Å²) >= 11 is 4.89. The molecular weight excluding hydrogens is 148 g/mol. The first-order valence-electron chi connectivity index (χ1n) is 3.01. The van der Waals surface area contributed by atoms with Crippen molar-refractivity contribution in [1.82, 2.24) is 9.55 Å². The zero-order valence-corrected chi connectivity index (χ0v) is 6.60. The Morgan fingerprint density at radius 1 is 1.80 bits per heavy atom. The van der Waals surface area contributed by atoms with Crippen LogP contribution in [-0.4, -0.2) is 23.3 Å². The molecule has 0 bridgehead atoms. The van der Waals surface area contributed by atoms with Gasteiger partial charge in [-0.25, -0.2) is 4.98 Å². The van der Waals surface area contributed by atoms with Gasteiger partial charge in [-0.3, -0.25) is 0 Å². The van der Waals surface area contributed by atoms with E-state index in [-0.39, 0.29) is 0 Å². The first-order chi connectivity index (χ1) is 4.84. The van der Waals surface area contributed by atoms with Crippen molar-refractivity contribution >= 4 is 12.6 Å². The fourth-order valence-electron chi connectivity index (χ4n) is 0.675. The fraction of sp³-hybridized carbons (Fsp3) is 0.500. The molecule has 0 aliphatic rings. The summed E-state index contributed by atoms with van der Waals surface area (Å²) in [5, 5.41) is 0.622. The lowest BCUT2D eigenvalue weighted by Gasteiger charge is -2.00. The van der Waals surface area contributed by atoms with Crippen LogP contribution >= 0.6 is 12.6 Å². The maximum absolute atomic E-state index is 4.89. The van der Waals surface area contributed by atoms with E-state index in [2.05, 4.69) is 4.98 Å². The highest BCUT2D eigenvalue weighted by Gasteiger charge is 1.95. The number of aromatic nitrogens is 2. The van der Waals surface area contributed by atoms with Crippen LogP contribution in [0.5, 0.6) is 0 Å². The molecule has 0 N–H and O–H groups in total. The van der Waals surface area contributed by atoms with Crippen LogP contribution in [0.2, 0.25) is 0 Å². The molecule has 10 heavy (non-hydrogen) atoms. The Kier molecular flexibility index (Phi) is 2.65. The average Bonchev–Trinajstić information content (AvgIpc) is 2.31. The van der Waals surface area contributed by atoms with E-state index < -0.39 is 0 Å². The second-order valence-electron chi connectivity index (χ2n) is 1.90. The summed E-state index contributed by atoms with van der Waals surface area (Å²) < 4.78 is 6.75. The minimum absolute atomic E-state index is 0.622. The summed E-state index contributed by atoms with van der Waals surface area (Å²) in [6.45, 7) is 1.47. The molecule has 1 heterocycles. The van der Waals surface area contributed by atoms with Gasteiger partial charge in [0.15, 0.2) is 5.16 Å². The van der Waals surface area contributed by atoms with Crippen LogP contribution in [0.15, 0.2) is 17.6 Å². The van der Waals surface area contributed by atoms with Gasteiger partial charge in [-0.05, 0) is 12.6 Å². The van der Waals surface area contributed by atoms with Gasteiger partial charge in [0.05, 0.1) is 6.61 Å². The topological polar surface area (TPSA) is 27.1 Å². The second kappa shape index (κ2) is 3.53. The smallest absolute Gasteiger partial charge is 0.199 e. The molecule has 1 radical (unpaired) electrons. The van der Waals surface area contributed by atoms with Gasteiger partial charge < -0.3 is 9.30 Å². The van der Waals surface area contributed by atoms with Gasteiger partial charge in [-0.2, -0.15) is 0 Å². The Labute approximate surface area is 65.4 Å². The highest BCUT2D eigenvalue weighted by Crippen LogP contribution is 2.00. The molecule has 4 heteroatoms. The maximum Gasteiger partial charge on any atom is 0.199 e. The SMILES string of the molecule is COCCn1ccnc1[S]. The number of rotatable bonds is 3. The zero-order chi connectivity index (χ0) is 7.40. The molecule has 0 atom stereocenters. The molecule has 0 saturated heterocycles. The fourth-order valence-corrected chi connectivity index (χ4v) is 0.888. The van der Waals surface area contributed by atoms with Crippen molar-refractivity contribution in [2.45, 2.75) is 11.7 Å². The monoisotopic (exact) mass is 157 g/mol. The molecule has 0 unspecified atom stereocenters. The van der Waals surface area contributed by atoms with Crippen LogP contribution in [0.25, 0.3) is 0 Å². The van der Waals surface area contributed by atoms with Gasteiger partial charge in [0.25, 0.3) is 0 Å². The van der Waals surface area contributed by atoms with Crippen LogP contribution in [-0.2, 0) is 11.3 Å². The third kappa shape index (κ3) is 1.68. The van der Waals surface area contributed by atoms with Crippen LogP contribution in [0.3, 0.4) is 0 Å². The summed E-state index contributed by atoms with van der Waals surface area (Å²) in [5.74, 6) is 0. The maximum atomic E-state index is 4.89. The van der Waals surface area contributed by atoms with Crippen molar-refractivity contribution in [3.05, 3.63) is 12.4 Å². The van der Waals surface area contributed by atoms with Crippen molar-refractivity contribution in [2.24, 2.45) is 0 Å². The molecule has 0 aliphatic heterocycles. The van der Waals surface area contributed by atoms with Crippen molar-refractivity contribution < 1.29 is 4.74 Å². The molecule has 3 nitrogen and oxygen atoms in total. The molecule has 0 fully saturated rings. The van der Waals surface area contributed by atoms with Crippen molar-refractivity contribution in [3.63, 3.8) is 0 Å². The molecular formula is C6H9N2OS. The standard InChI is InChI=1S/C6H9N2OS/c1-9-5-4-8-3-2-7-6(8)10/h2-3H,4-5H2,1H3. The van der Waals surface area contributed by atoms with Gasteiger partial charge in [0, 0.05) is 26.0 Å². The largest absolute Gasteiger partial charge is 0.383 e. The number of nitrogens with zero attached hydrogens (tertiary/aromatic N) is 2. The molecule has 0 aliphatic carbocycles. The highest BCUT2D eigenvalue weighted by molar-refractivity contribution is 7.80. The molecule has 1 rings (SSSR count). The van der Waals surface area contributed by atoms with E-state index in [9.17, 15) is 0 Å². The van der Waals surface area contributed by atoms with E-state index in [1.165, 1.54) is 0 Å². The van der Waals surface area contributed by atoms with Crippen LogP contribution in [0.4, 0.5) is 0 Å². The van der Waals surface area contributed by atoms with E-state index in [1.54, 1.807) is 13.3 Å². The van der Waals surface area contributed by atoms with Gasteiger partial charge >= 0.3 is 0 Å². The number of hydrogen-bond donors (Lipinski definition) is 0. The molecule has 0 saturated carbocycles. The van der Waals surface area contributed by atoms with Gasteiger partial charge in [-0.15, -0.1) is 0 Å². The van der Waals surface area contributed by atoms with Crippen molar-refractivity contribution in [2.75, 3.05) is 13.7 Å². The minimum atomic E-state index is 0.622. The Hall–Kier alpha value is -0.610. The normalized spacial score (nSPS) is 10.1. The summed E-state index contributed by atoms with van der Waals surface area (Å²) in [4.78, 5) is 3.89. The van der Waals surface area contributed by atoms with Crippen molar-refractivity contribution in [3.8, 4) is 0 Å². The molecule has 0 amide bonds. The summed E-state index contributed by atoms with van der Waals surface area (Å²) in [7, 11) is 1.67. The quantitative estimate of drug-likeness (QED) is 0.656. The highest BCUT2D eigenvalue weighted by atomic mass is 32.1. The number of ether oxygens (including phenoxy) is 1. The summed E-state index contributed by atoms with van der Waals surface area (Å²) in [5.41, 5.74) is 0. The third-order valence-electron chi connectivity index (χ3n) is 1.21. The molecule has 0 spiro atoms. The lowest BCUT2D eigenvalue weighted by Crippen LogP contribution is -2.02. The summed E-state index contributed by atoms with van der Waals surface area (Å²) in [6, 6.07) is 0. The molecule has 0 aromatic carbocycles. The molecule has 1 aromatic heterocycles. The van der Waals surface area contributed by atoms with Gasteiger partial charge in [-0.1, -0.05) is 0 Å². The van der Waals surface area contributed by atoms with E-state index in [0.29, 0.717) is 11.8 Å². The number of methoxy groups -OCH3 is 1. The van der Waals surface area contributed by atoms with E-state index >= 15 is 0 Å². The predicted octanol–water partition coefficient (Wildman–Crippen LogP) is 1.09. The molecule has 55 valence electrons. The van der Waals surface area contributed by atoms with Gasteiger partial charge in [0.2, 0.25) is 0 Å².